The zero-order valence-corrected chi connectivity index (χ0v) is 11.3. The van der Waals surface area contributed by atoms with Gasteiger partial charge in [-0.05, 0) is 25.0 Å². The lowest BCUT2D eigenvalue weighted by Crippen LogP contribution is -2.09. The van der Waals surface area contributed by atoms with Gasteiger partial charge in [0.05, 0.1) is 0 Å². The van der Waals surface area contributed by atoms with Crippen LogP contribution in [0, 0.1) is 0 Å². The zero-order valence-electron chi connectivity index (χ0n) is 11.3. The first-order valence-electron chi connectivity index (χ1n) is 7.40. The Labute approximate surface area is 114 Å². The summed E-state index contributed by atoms with van der Waals surface area (Å²) in [6, 6.07) is 10.4. The summed E-state index contributed by atoms with van der Waals surface area (Å²) in [5.41, 5.74) is 1.17. The summed E-state index contributed by atoms with van der Waals surface area (Å²) in [5, 5.41) is 8.54. The van der Waals surface area contributed by atoms with E-state index < -0.39 is 0 Å². The molecule has 3 heteroatoms. The second kappa shape index (κ2) is 6.00. The van der Waals surface area contributed by atoms with Crippen molar-refractivity contribution >= 4 is 0 Å². The normalized spacial score (nSPS) is 17.9. The third kappa shape index (κ3) is 2.86. The third-order valence-corrected chi connectivity index (χ3v) is 4.08. The summed E-state index contributed by atoms with van der Waals surface area (Å²) < 4.78 is 2.16. The van der Waals surface area contributed by atoms with Crippen molar-refractivity contribution in [1.29, 1.82) is 0 Å². The molecule has 1 aliphatic carbocycles. The first-order valence-corrected chi connectivity index (χ1v) is 7.40. The monoisotopic (exact) mass is 255 g/mol. The van der Waals surface area contributed by atoms with E-state index in [-0.39, 0.29) is 0 Å². The molecule has 1 aromatic carbocycles. The Balaban J connectivity index is 1.86. The minimum atomic E-state index is 0.572. The molecule has 0 spiro atoms. The molecule has 1 saturated carbocycles. The van der Waals surface area contributed by atoms with Gasteiger partial charge in [-0.15, -0.1) is 10.2 Å². The minimum absolute atomic E-state index is 0.572. The van der Waals surface area contributed by atoms with Gasteiger partial charge in [-0.25, -0.2) is 0 Å². The van der Waals surface area contributed by atoms with E-state index in [0.29, 0.717) is 5.92 Å². The number of hydrogen-bond donors (Lipinski definition) is 0. The highest BCUT2D eigenvalue weighted by atomic mass is 15.3. The van der Waals surface area contributed by atoms with Crippen LogP contribution in [0.1, 0.15) is 56.7 Å². The Bertz CT molecular complexity index is 496. The third-order valence-electron chi connectivity index (χ3n) is 4.08. The van der Waals surface area contributed by atoms with Crippen LogP contribution in [0.4, 0.5) is 0 Å². The SMILES string of the molecule is c1ccc(-n2cnnc2C2CCCCCCC2)cc1. The van der Waals surface area contributed by atoms with E-state index >= 15 is 0 Å². The van der Waals surface area contributed by atoms with Crippen LogP contribution in [-0.4, -0.2) is 14.8 Å². The first-order chi connectivity index (χ1) is 9.45. The molecule has 1 aromatic heterocycles. The first kappa shape index (κ1) is 12.4. The van der Waals surface area contributed by atoms with Crippen LogP contribution in [0.25, 0.3) is 5.69 Å². The fourth-order valence-electron chi connectivity index (χ4n) is 3.02. The summed E-state index contributed by atoms with van der Waals surface area (Å²) in [5.74, 6) is 1.72. The van der Waals surface area contributed by atoms with Crippen LogP contribution in [0.15, 0.2) is 36.7 Å². The molecule has 1 fully saturated rings. The fourth-order valence-corrected chi connectivity index (χ4v) is 3.02. The fraction of sp³-hybridized carbons (Fsp3) is 0.500. The van der Waals surface area contributed by atoms with Crippen molar-refractivity contribution in [3.05, 3.63) is 42.5 Å². The van der Waals surface area contributed by atoms with Gasteiger partial charge >= 0.3 is 0 Å². The lowest BCUT2D eigenvalue weighted by atomic mass is 9.90. The highest BCUT2D eigenvalue weighted by Gasteiger charge is 2.19. The summed E-state index contributed by atoms with van der Waals surface area (Å²) >= 11 is 0. The Morgan fingerprint density at radius 2 is 1.58 bits per heavy atom. The maximum absolute atomic E-state index is 4.40. The molecule has 0 atom stereocenters. The number of rotatable bonds is 2. The predicted octanol–water partition coefficient (Wildman–Crippen LogP) is 4.10. The van der Waals surface area contributed by atoms with E-state index in [0.717, 1.165) is 5.82 Å². The van der Waals surface area contributed by atoms with Gasteiger partial charge in [-0.3, -0.25) is 4.57 Å². The number of aromatic nitrogens is 3. The van der Waals surface area contributed by atoms with Crippen LogP contribution < -0.4 is 0 Å². The molecule has 2 aromatic rings. The summed E-state index contributed by atoms with van der Waals surface area (Å²) in [4.78, 5) is 0. The molecule has 3 nitrogen and oxygen atoms in total. The highest BCUT2D eigenvalue weighted by Crippen LogP contribution is 2.30. The highest BCUT2D eigenvalue weighted by molar-refractivity contribution is 5.32. The molecule has 0 radical (unpaired) electrons. The number of hydrogen-bond acceptors (Lipinski definition) is 2. The van der Waals surface area contributed by atoms with Gasteiger partial charge in [-0.1, -0.05) is 50.3 Å². The number of nitrogens with zero attached hydrogens (tertiary/aromatic N) is 3. The van der Waals surface area contributed by atoms with Crippen molar-refractivity contribution in [2.45, 2.75) is 50.9 Å². The van der Waals surface area contributed by atoms with E-state index in [4.69, 9.17) is 0 Å². The van der Waals surface area contributed by atoms with Gasteiger partial charge in [-0.2, -0.15) is 0 Å². The van der Waals surface area contributed by atoms with Crippen molar-refractivity contribution in [3.63, 3.8) is 0 Å². The smallest absolute Gasteiger partial charge is 0.140 e. The van der Waals surface area contributed by atoms with Gasteiger partial charge in [0, 0.05) is 11.6 Å². The van der Waals surface area contributed by atoms with Crippen molar-refractivity contribution in [2.75, 3.05) is 0 Å². The van der Waals surface area contributed by atoms with Gasteiger partial charge in [0.25, 0.3) is 0 Å². The van der Waals surface area contributed by atoms with Gasteiger partial charge in [0.2, 0.25) is 0 Å². The molecule has 19 heavy (non-hydrogen) atoms. The van der Waals surface area contributed by atoms with Gasteiger partial charge in [0.15, 0.2) is 0 Å². The van der Waals surface area contributed by atoms with Gasteiger partial charge in [0.1, 0.15) is 12.2 Å². The lowest BCUT2D eigenvalue weighted by Gasteiger charge is -2.19. The molecule has 1 heterocycles. The molecule has 0 aliphatic heterocycles. The maximum atomic E-state index is 4.40. The number of benzene rings is 1. The molecular weight excluding hydrogens is 234 g/mol. The van der Waals surface area contributed by atoms with E-state index in [1.54, 1.807) is 0 Å². The second-order valence-electron chi connectivity index (χ2n) is 5.44. The van der Waals surface area contributed by atoms with Crippen molar-refractivity contribution in [2.24, 2.45) is 0 Å². The van der Waals surface area contributed by atoms with Gasteiger partial charge < -0.3 is 0 Å². The molecule has 0 amide bonds. The Morgan fingerprint density at radius 1 is 0.895 bits per heavy atom. The zero-order chi connectivity index (χ0) is 12.9. The average molecular weight is 255 g/mol. The molecule has 0 saturated heterocycles. The molecule has 0 unspecified atom stereocenters. The molecule has 1 aliphatic rings. The van der Waals surface area contributed by atoms with Crippen LogP contribution in [0.5, 0.6) is 0 Å². The molecule has 0 bridgehead atoms. The van der Waals surface area contributed by atoms with Crippen molar-refractivity contribution in [3.8, 4) is 5.69 Å². The predicted molar refractivity (Wildman–Crippen MR) is 76.4 cm³/mol. The topological polar surface area (TPSA) is 30.7 Å². The Morgan fingerprint density at radius 3 is 2.32 bits per heavy atom. The van der Waals surface area contributed by atoms with E-state index in [1.807, 2.05) is 12.4 Å². The molecular formula is C16H21N3. The molecule has 100 valence electrons. The van der Waals surface area contributed by atoms with Crippen molar-refractivity contribution in [1.82, 2.24) is 14.8 Å². The largest absolute Gasteiger partial charge is 0.285 e. The van der Waals surface area contributed by atoms with Crippen LogP contribution in [-0.2, 0) is 0 Å². The van der Waals surface area contributed by atoms with E-state index in [1.165, 1.54) is 50.6 Å². The Kier molecular flexibility index (Phi) is 3.92. The van der Waals surface area contributed by atoms with Crippen molar-refractivity contribution < 1.29 is 0 Å². The van der Waals surface area contributed by atoms with E-state index in [2.05, 4.69) is 39.0 Å². The molecule has 0 N–H and O–H groups in total. The quantitative estimate of drug-likeness (QED) is 0.809. The Hall–Kier alpha value is -1.64. The van der Waals surface area contributed by atoms with Crippen LogP contribution in [0.2, 0.25) is 0 Å². The minimum Gasteiger partial charge on any atom is -0.285 e. The summed E-state index contributed by atoms with van der Waals surface area (Å²) in [7, 11) is 0. The maximum Gasteiger partial charge on any atom is 0.140 e. The van der Waals surface area contributed by atoms with Crippen LogP contribution in [0.3, 0.4) is 0 Å². The second-order valence-corrected chi connectivity index (χ2v) is 5.44. The standard InChI is InChI=1S/C16H21N3/c1-2-5-9-14(10-6-3-1)16-18-17-13-19(16)15-11-7-4-8-12-15/h4,7-8,11-14H,1-3,5-6,9-10H2. The van der Waals surface area contributed by atoms with E-state index in [9.17, 15) is 0 Å². The lowest BCUT2D eigenvalue weighted by molar-refractivity contribution is 0.438. The summed E-state index contributed by atoms with van der Waals surface area (Å²) in [6.45, 7) is 0. The number of para-hydroxylation sites is 1. The average Bonchev–Trinajstić information content (AvgIpc) is 2.88. The summed E-state index contributed by atoms with van der Waals surface area (Å²) in [6.07, 6.45) is 11.2. The molecule has 3 rings (SSSR count). The van der Waals surface area contributed by atoms with Crippen LogP contribution >= 0.6 is 0 Å².